The van der Waals surface area contributed by atoms with Crippen LogP contribution in [-0.4, -0.2) is 10.1 Å². The average Bonchev–Trinajstić information content (AvgIpc) is 2.34. The normalized spacial score (nSPS) is 10.9. The zero-order valence-electron chi connectivity index (χ0n) is 8.92. The summed E-state index contributed by atoms with van der Waals surface area (Å²) in [6.07, 6.45) is 1.57. The molecule has 0 aliphatic heterocycles. The van der Waals surface area contributed by atoms with Crippen LogP contribution in [0.5, 0.6) is 5.75 Å². The molecule has 0 atom stereocenters. The van der Waals surface area contributed by atoms with E-state index in [-0.39, 0.29) is 18.1 Å². The maximum atomic E-state index is 12.6. The van der Waals surface area contributed by atoms with Gasteiger partial charge in [0.15, 0.2) is 0 Å². The van der Waals surface area contributed by atoms with E-state index in [1.807, 2.05) is 0 Å². The summed E-state index contributed by atoms with van der Waals surface area (Å²) in [5.41, 5.74) is 1.01. The summed E-state index contributed by atoms with van der Waals surface area (Å²) in [6.45, 7) is 0.185. The molecule has 2 aromatic rings. The number of benzene rings is 1. The molecule has 86 valence electrons. The van der Waals surface area contributed by atoms with Crippen LogP contribution in [0, 0.1) is 5.82 Å². The van der Waals surface area contributed by atoms with E-state index in [4.69, 9.17) is 0 Å². The van der Waals surface area contributed by atoms with Gasteiger partial charge in [0.1, 0.15) is 23.8 Å². The average molecular weight is 231 g/mol. The van der Waals surface area contributed by atoms with Crippen LogP contribution >= 0.6 is 0 Å². The molecule has 0 amide bonds. The quantitative estimate of drug-likeness (QED) is 0.824. The third-order valence-electron chi connectivity index (χ3n) is 2.10. The van der Waals surface area contributed by atoms with Gasteiger partial charge >= 0.3 is 0 Å². The van der Waals surface area contributed by atoms with Gasteiger partial charge in [-0.2, -0.15) is 10.2 Å². The second-order valence-corrected chi connectivity index (χ2v) is 3.35. The van der Waals surface area contributed by atoms with Crippen molar-refractivity contribution >= 4 is 5.69 Å². The van der Waals surface area contributed by atoms with Gasteiger partial charge in [0.2, 0.25) is 0 Å². The summed E-state index contributed by atoms with van der Waals surface area (Å²) in [6, 6.07) is 8.85. The second-order valence-electron chi connectivity index (χ2n) is 3.35. The first-order chi connectivity index (χ1) is 8.25. The largest absolute Gasteiger partial charge is 0.506 e. The first kappa shape index (κ1) is 11.2. The van der Waals surface area contributed by atoms with E-state index >= 15 is 0 Å². The summed E-state index contributed by atoms with van der Waals surface area (Å²) in [5.74, 6) is -0.225. The topological polar surface area (TPSA) is 57.8 Å². The van der Waals surface area contributed by atoms with Crippen LogP contribution in [0.1, 0.15) is 5.69 Å². The number of hydrogen-bond acceptors (Lipinski definition) is 4. The molecular formula is C12H10FN3O. The van der Waals surface area contributed by atoms with E-state index < -0.39 is 0 Å². The fourth-order valence-electron chi connectivity index (χ4n) is 1.24. The van der Waals surface area contributed by atoms with E-state index in [2.05, 4.69) is 15.2 Å². The van der Waals surface area contributed by atoms with Crippen molar-refractivity contribution in [3.8, 4) is 5.75 Å². The molecule has 0 bridgehead atoms. The second kappa shape index (κ2) is 5.16. The van der Waals surface area contributed by atoms with Crippen molar-refractivity contribution in [2.45, 2.75) is 6.54 Å². The van der Waals surface area contributed by atoms with Crippen LogP contribution in [0.15, 0.2) is 52.8 Å². The van der Waals surface area contributed by atoms with E-state index in [9.17, 15) is 9.50 Å². The molecule has 0 aliphatic rings. The Hall–Kier alpha value is -2.30. The monoisotopic (exact) mass is 231 g/mol. The highest BCUT2D eigenvalue weighted by atomic mass is 19.1. The van der Waals surface area contributed by atoms with E-state index in [1.165, 1.54) is 30.3 Å². The highest BCUT2D eigenvalue weighted by Gasteiger charge is 1.99. The lowest BCUT2D eigenvalue weighted by atomic mass is 10.3. The van der Waals surface area contributed by atoms with Crippen molar-refractivity contribution in [2.24, 2.45) is 10.2 Å². The molecule has 1 N–H and O–H groups in total. The lowest BCUT2D eigenvalue weighted by Gasteiger charge is -1.97. The molecule has 0 fully saturated rings. The van der Waals surface area contributed by atoms with Gasteiger partial charge < -0.3 is 5.11 Å². The summed E-state index contributed by atoms with van der Waals surface area (Å²) >= 11 is 0. The van der Waals surface area contributed by atoms with Crippen LogP contribution in [0.4, 0.5) is 10.1 Å². The Bertz CT molecular complexity index is 526. The summed E-state index contributed by atoms with van der Waals surface area (Å²) < 4.78 is 12.6. The van der Waals surface area contributed by atoms with Crippen LogP contribution in [-0.2, 0) is 6.54 Å². The van der Waals surface area contributed by atoms with Gasteiger partial charge in [0.05, 0.1) is 5.69 Å². The molecule has 0 saturated carbocycles. The molecule has 5 heteroatoms. The Morgan fingerprint density at radius 2 is 1.94 bits per heavy atom. The maximum Gasteiger partial charge on any atom is 0.139 e. The van der Waals surface area contributed by atoms with Crippen molar-refractivity contribution in [3.63, 3.8) is 0 Å². The molecule has 17 heavy (non-hydrogen) atoms. The Balaban J connectivity index is 2.03. The Morgan fingerprint density at radius 3 is 2.65 bits per heavy atom. The maximum absolute atomic E-state index is 12.6. The first-order valence-electron chi connectivity index (χ1n) is 5.01. The third kappa shape index (κ3) is 3.07. The number of pyridine rings is 1. The van der Waals surface area contributed by atoms with E-state index in [1.54, 1.807) is 12.3 Å². The van der Waals surface area contributed by atoms with Gasteiger partial charge in [0.25, 0.3) is 0 Å². The lowest BCUT2D eigenvalue weighted by molar-refractivity contribution is 0.464. The molecular weight excluding hydrogens is 221 g/mol. The standard InChI is InChI=1S/C12H10FN3O/c13-9-3-5-10(6-4-9)16-15-8-11-12(17)2-1-7-14-11/h1-7,17H,8H2. The number of nitrogens with zero attached hydrogens (tertiary/aromatic N) is 3. The van der Waals surface area contributed by atoms with Crippen molar-refractivity contribution < 1.29 is 9.50 Å². The Morgan fingerprint density at radius 1 is 1.18 bits per heavy atom. The molecule has 0 spiro atoms. The molecule has 2 rings (SSSR count). The fourth-order valence-corrected chi connectivity index (χ4v) is 1.24. The van der Waals surface area contributed by atoms with Gasteiger partial charge in [-0.05, 0) is 36.4 Å². The highest BCUT2D eigenvalue weighted by Crippen LogP contribution is 2.16. The number of aromatic nitrogens is 1. The molecule has 0 aliphatic carbocycles. The fraction of sp³-hybridized carbons (Fsp3) is 0.0833. The SMILES string of the molecule is Oc1cccnc1CN=Nc1ccc(F)cc1. The van der Waals surface area contributed by atoms with Crippen LogP contribution < -0.4 is 0 Å². The van der Waals surface area contributed by atoms with E-state index in [0.29, 0.717) is 11.4 Å². The molecule has 0 saturated heterocycles. The van der Waals surface area contributed by atoms with Gasteiger partial charge in [-0.3, -0.25) is 4.98 Å². The minimum Gasteiger partial charge on any atom is -0.506 e. The molecule has 0 radical (unpaired) electrons. The van der Waals surface area contributed by atoms with Crippen LogP contribution in [0.3, 0.4) is 0 Å². The third-order valence-corrected chi connectivity index (χ3v) is 2.10. The number of azo groups is 1. The number of hydrogen-bond donors (Lipinski definition) is 1. The number of halogens is 1. The summed E-state index contributed by atoms with van der Waals surface area (Å²) in [4.78, 5) is 3.96. The molecule has 1 aromatic carbocycles. The van der Waals surface area contributed by atoms with Gasteiger partial charge in [0, 0.05) is 6.20 Å². The molecule has 0 unspecified atom stereocenters. The number of rotatable bonds is 3. The van der Waals surface area contributed by atoms with E-state index in [0.717, 1.165) is 0 Å². The summed E-state index contributed by atoms with van der Waals surface area (Å²) in [5, 5.41) is 17.2. The Kier molecular flexibility index (Phi) is 3.40. The summed E-state index contributed by atoms with van der Waals surface area (Å²) in [7, 11) is 0. The molecule has 4 nitrogen and oxygen atoms in total. The van der Waals surface area contributed by atoms with Crippen molar-refractivity contribution in [2.75, 3.05) is 0 Å². The van der Waals surface area contributed by atoms with Crippen LogP contribution in [0.25, 0.3) is 0 Å². The van der Waals surface area contributed by atoms with Crippen molar-refractivity contribution in [3.05, 3.63) is 54.1 Å². The zero-order valence-corrected chi connectivity index (χ0v) is 8.92. The smallest absolute Gasteiger partial charge is 0.139 e. The zero-order chi connectivity index (χ0) is 12.1. The minimum absolute atomic E-state index is 0.0885. The highest BCUT2D eigenvalue weighted by molar-refractivity contribution is 5.35. The van der Waals surface area contributed by atoms with Crippen molar-refractivity contribution in [1.82, 2.24) is 4.98 Å². The first-order valence-corrected chi connectivity index (χ1v) is 5.01. The predicted molar refractivity (Wildman–Crippen MR) is 60.5 cm³/mol. The lowest BCUT2D eigenvalue weighted by Crippen LogP contribution is -1.86. The Labute approximate surface area is 97.5 Å². The molecule has 1 heterocycles. The van der Waals surface area contributed by atoms with Crippen LogP contribution in [0.2, 0.25) is 0 Å². The van der Waals surface area contributed by atoms with Crippen molar-refractivity contribution in [1.29, 1.82) is 0 Å². The van der Waals surface area contributed by atoms with Gasteiger partial charge in [-0.1, -0.05) is 0 Å². The minimum atomic E-state index is -0.314. The van der Waals surface area contributed by atoms with Gasteiger partial charge in [-0.25, -0.2) is 4.39 Å². The van der Waals surface area contributed by atoms with Gasteiger partial charge in [-0.15, -0.1) is 0 Å². The molecule has 1 aromatic heterocycles. The predicted octanol–water partition coefficient (Wildman–Crippen LogP) is 3.21. The number of aromatic hydroxyl groups is 1.